The maximum absolute atomic E-state index is 11.1. The highest BCUT2D eigenvalue weighted by Gasteiger charge is 2.11. The van der Waals surface area contributed by atoms with Gasteiger partial charge in [-0.15, -0.1) is 0 Å². The first-order chi connectivity index (χ1) is 8.08. The molecule has 0 aliphatic heterocycles. The van der Waals surface area contributed by atoms with Crippen molar-refractivity contribution >= 4 is 34.2 Å². The summed E-state index contributed by atoms with van der Waals surface area (Å²) in [6.45, 7) is 1.83. The zero-order chi connectivity index (χ0) is 12.8. The minimum absolute atomic E-state index is 0.195. The van der Waals surface area contributed by atoms with Crippen LogP contribution in [-0.2, 0) is 9.53 Å². The molecule has 1 rings (SSSR count). The lowest BCUT2D eigenvalue weighted by Gasteiger charge is -2.10. The highest BCUT2D eigenvalue weighted by Crippen LogP contribution is 2.29. The van der Waals surface area contributed by atoms with Crippen LogP contribution in [0.5, 0.6) is 5.75 Å². The number of nitrogens with zero attached hydrogens (tertiary/aromatic N) is 1. The molecule has 0 amide bonds. The van der Waals surface area contributed by atoms with E-state index in [2.05, 4.69) is 0 Å². The van der Waals surface area contributed by atoms with E-state index in [0.29, 0.717) is 27.2 Å². The summed E-state index contributed by atoms with van der Waals surface area (Å²) < 4.78 is 10.7. The van der Waals surface area contributed by atoms with Gasteiger partial charge in [-0.05, 0) is 41.6 Å². The molecule has 1 aromatic carbocycles. The van der Waals surface area contributed by atoms with Gasteiger partial charge in [-0.1, -0.05) is 0 Å². The SMILES string of the molecule is CCOC(=O)COc1c(N)cc(C#N)cc1I. The van der Waals surface area contributed by atoms with Crippen LogP contribution in [0.1, 0.15) is 12.5 Å². The number of benzene rings is 1. The minimum Gasteiger partial charge on any atom is -0.479 e. The maximum Gasteiger partial charge on any atom is 0.344 e. The van der Waals surface area contributed by atoms with E-state index in [4.69, 9.17) is 20.5 Å². The molecule has 17 heavy (non-hydrogen) atoms. The molecule has 0 atom stereocenters. The number of ether oxygens (including phenoxy) is 2. The summed E-state index contributed by atoms with van der Waals surface area (Å²) in [4.78, 5) is 11.1. The third-order valence-corrected chi connectivity index (χ3v) is 2.64. The van der Waals surface area contributed by atoms with E-state index in [1.165, 1.54) is 6.07 Å². The number of esters is 1. The average Bonchev–Trinajstić information content (AvgIpc) is 2.28. The first-order valence-corrected chi connectivity index (χ1v) is 5.94. The molecule has 0 heterocycles. The molecule has 1 aromatic rings. The van der Waals surface area contributed by atoms with Crippen LogP contribution in [0, 0.1) is 14.9 Å². The smallest absolute Gasteiger partial charge is 0.344 e. The van der Waals surface area contributed by atoms with E-state index in [-0.39, 0.29) is 6.61 Å². The van der Waals surface area contributed by atoms with Crippen LogP contribution in [0.25, 0.3) is 0 Å². The number of hydrogen-bond acceptors (Lipinski definition) is 5. The van der Waals surface area contributed by atoms with Crippen molar-refractivity contribution in [2.45, 2.75) is 6.92 Å². The largest absolute Gasteiger partial charge is 0.479 e. The number of anilines is 1. The molecule has 0 saturated carbocycles. The standard InChI is InChI=1S/C11H11IN2O3/c1-2-16-10(15)6-17-11-8(12)3-7(5-13)4-9(11)14/h3-4H,2,6,14H2,1H3. The Balaban J connectivity index is 2.79. The molecule has 0 spiro atoms. The summed E-state index contributed by atoms with van der Waals surface area (Å²) in [6.07, 6.45) is 0. The normalized spacial score (nSPS) is 9.47. The van der Waals surface area contributed by atoms with Crippen LogP contribution in [0.3, 0.4) is 0 Å². The molecule has 0 aromatic heterocycles. The van der Waals surface area contributed by atoms with Gasteiger partial charge in [0.1, 0.15) is 0 Å². The molecule has 0 fully saturated rings. The zero-order valence-electron chi connectivity index (χ0n) is 9.20. The van der Waals surface area contributed by atoms with Gasteiger partial charge in [-0.3, -0.25) is 0 Å². The van der Waals surface area contributed by atoms with Crippen molar-refractivity contribution in [3.05, 3.63) is 21.3 Å². The molecule has 5 nitrogen and oxygen atoms in total. The lowest BCUT2D eigenvalue weighted by atomic mass is 10.2. The van der Waals surface area contributed by atoms with Crippen molar-refractivity contribution in [3.8, 4) is 11.8 Å². The molecule has 0 saturated heterocycles. The number of nitrogen functional groups attached to an aromatic ring is 1. The van der Waals surface area contributed by atoms with Gasteiger partial charge in [0.2, 0.25) is 0 Å². The number of halogens is 1. The zero-order valence-corrected chi connectivity index (χ0v) is 11.4. The Hall–Kier alpha value is -1.49. The van der Waals surface area contributed by atoms with E-state index < -0.39 is 5.97 Å². The minimum atomic E-state index is -0.452. The van der Waals surface area contributed by atoms with Gasteiger partial charge in [0.05, 0.1) is 27.5 Å². The van der Waals surface area contributed by atoms with Crippen molar-refractivity contribution < 1.29 is 14.3 Å². The summed E-state index contributed by atoms with van der Waals surface area (Å²) in [5.74, 6) is -0.0512. The lowest BCUT2D eigenvalue weighted by Crippen LogP contribution is -2.15. The Kier molecular flexibility index (Phi) is 5.03. The maximum atomic E-state index is 11.1. The quantitative estimate of drug-likeness (QED) is 0.509. The van der Waals surface area contributed by atoms with Gasteiger partial charge >= 0.3 is 5.97 Å². The van der Waals surface area contributed by atoms with Gasteiger partial charge < -0.3 is 15.2 Å². The molecular weight excluding hydrogens is 335 g/mol. The Morgan fingerprint density at radius 1 is 1.59 bits per heavy atom. The second-order valence-corrected chi connectivity index (χ2v) is 4.24. The topological polar surface area (TPSA) is 85.3 Å². The average molecular weight is 346 g/mol. The van der Waals surface area contributed by atoms with E-state index >= 15 is 0 Å². The third-order valence-electron chi connectivity index (χ3n) is 1.84. The summed E-state index contributed by atoms with van der Waals surface area (Å²) in [5, 5.41) is 8.74. The fourth-order valence-electron chi connectivity index (χ4n) is 1.17. The number of carbonyl (C=O) groups excluding carboxylic acids is 1. The number of carbonyl (C=O) groups is 1. The highest BCUT2D eigenvalue weighted by molar-refractivity contribution is 14.1. The number of hydrogen-bond donors (Lipinski definition) is 1. The summed E-state index contributed by atoms with van der Waals surface area (Å²) in [5.41, 5.74) is 6.51. The second kappa shape index (κ2) is 6.30. The van der Waals surface area contributed by atoms with E-state index in [9.17, 15) is 4.79 Å². The van der Waals surface area contributed by atoms with Crippen LogP contribution in [-0.4, -0.2) is 19.2 Å². The molecule has 0 radical (unpaired) electrons. The molecular formula is C11H11IN2O3. The Labute approximate surface area is 113 Å². The Bertz CT molecular complexity index is 445. The molecule has 0 aliphatic rings. The van der Waals surface area contributed by atoms with E-state index in [1.807, 2.05) is 28.7 Å². The fourth-order valence-corrected chi connectivity index (χ4v) is 1.97. The summed E-state index contributed by atoms with van der Waals surface area (Å²) in [6, 6.07) is 5.13. The third kappa shape index (κ3) is 3.78. The van der Waals surface area contributed by atoms with Crippen LogP contribution in [0.15, 0.2) is 12.1 Å². The number of rotatable bonds is 4. The number of nitriles is 1. The Morgan fingerprint density at radius 2 is 2.29 bits per heavy atom. The Morgan fingerprint density at radius 3 is 2.82 bits per heavy atom. The van der Waals surface area contributed by atoms with E-state index in [0.717, 1.165) is 0 Å². The summed E-state index contributed by atoms with van der Waals surface area (Å²) in [7, 11) is 0. The van der Waals surface area contributed by atoms with Crippen molar-refractivity contribution in [2.75, 3.05) is 18.9 Å². The molecule has 0 aliphatic carbocycles. The predicted molar refractivity (Wildman–Crippen MR) is 70.4 cm³/mol. The molecule has 2 N–H and O–H groups in total. The van der Waals surface area contributed by atoms with Crippen LogP contribution in [0.4, 0.5) is 5.69 Å². The monoisotopic (exact) mass is 346 g/mol. The highest BCUT2D eigenvalue weighted by atomic mass is 127. The van der Waals surface area contributed by atoms with Gasteiger partial charge in [-0.2, -0.15) is 5.26 Å². The fraction of sp³-hybridized carbons (Fsp3) is 0.273. The lowest BCUT2D eigenvalue weighted by molar-refractivity contribution is -0.145. The van der Waals surface area contributed by atoms with Crippen LogP contribution in [0.2, 0.25) is 0 Å². The van der Waals surface area contributed by atoms with Crippen molar-refractivity contribution in [2.24, 2.45) is 0 Å². The summed E-state index contributed by atoms with van der Waals surface area (Å²) >= 11 is 1.99. The van der Waals surface area contributed by atoms with Crippen molar-refractivity contribution in [1.29, 1.82) is 5.26 Å². The second-order valence-electron chi connectivity index (χ2n) is 3.08. The molecule has 0 bridgehead atoms. The van der Waals surface area contributed by atoms with Crippen LogP contribution < -0.4 is 10.5 Å². The van der Waals surface area contributed by atoms with Crippen molar-refractivity contribution in [3.63, 3.8) is 0 Å². The van der Waals surface area contributed by atoms with Gasteiger partial charge in [0.25, 0.3) is 0 Å². The van der Waals surface area contributed by atoms with Crippen LogP contribution >= 0.6 is 22.6 Å². The number of nitrogens with two attached hydrogens (primary N) is 1. The molecule has 90 valence electrons. The molecule has 6 heteroatoms. The predicted octanol–water partition coefficient (Wildman–Crippen LogP) is 1.69. The molecule has 0 unspecified atom stereocenters. The first-order valence-electron chi connectivity index (χ1n) is 4.86. The first kappa shape index (κ1) is 13.6. The van der Waals surface area contributed by atoms with Gasteiger partial charge in [-0.25, -0.2) is 4.79 Å². The van der Waals surface area contributed by atoms with Gasteiger partial charge in [0, 0.05) is 0 Å². The van der Waals surface area contributed by atoms with Gasteiger partial charge in [0.15, 0.2) is 12.4 Å². The van der Waals surface area contributed by atoms with Crippen molar-refractivity contribution in [1.82, 2.24) is 0 Å². The van der Waals surface area contributed by atoms with E-state index in [1.54, 1.807) is 13.0 Å².